The minimum absolute atomic E-state index is 0.0297. The lowest BCUT2D eigenvalue weighted by molar-refractivity contribution is -0.390. The van der Waals surface area contributed by atoms with Gasteiger partial charge in [-0.3, -0.25) is 9.59 Å². The van der Waals surface area contributed by atoms with E-state index in [9.17, 15) is 9.59 Å². The standard InChI is InChI=1S/C20H29NO6/c22-17(1-2-18(23)24)21-16-3-5-19(6-4-16)25-20(27-26-19)14-8-12-7-13(10-14)11-15(20)9-12/h12-16H,1-11H2,(H,21,22)(H,23,24). The van der Waals surface area contributed by atoms with Gasteiger partial charge in [-0.25, -0.2) is 0 Å². The second kappa shape index (κ2) is 6.42. The quantitative estimate of drug-likeness (QED) is 0.730. The van der Waals surface area contributed by atoms with Crippen molar-refractivity contribution in [1.82, 2.24) is 5.32 Å². The lowest BCUT2D eigenvalue weighted by Crippen LogP contribution is -2.59. The van der Waals surface area contributed by atoms with E-state index in [1.165, 1.54) is 32.1 Å². The maximum Gasteiger partial charge on any atom is 0.303 e. The summed E-state index contributed by atoms with van der Waals surface area (Å²) in [5.74, 6) is 0.266. The van der Waals surface area contributed by atoms with Crippen molar-refractivity contribution in [3.8, 4) is 0 Å². The Labute approximate surface area is 159 Å². The van der Waals surface area contributed by atoms with Crippen LogP contribution in [0.4, 0.5) is 0 Å². The average molecular weight is 379 g/mol. The first-order valence-electron chi connectivity index (χ1n) is 10.5. The van der Waals surface area contributed by atoms with Gasteiger partial charge in [0.05, 0.1) is 6.42 Å². The molecule has 6 rings (SSSR count). The van der Waals surface area contributed by atoms with E-state index < -0.39 is 17.5 Å². The summed E-state index contributed by atoms with van der Waals surface area (Å²) in [5.41, 5.74) is 0. The third-order valence-electron chi connectivity index (χ3n) is 7.62. The molecule has 7 nitrogen and oxygen atoms in total. The van der Waals surface area contributed by atoms with Crippen LogP contribution in [-0.4, -0.2) is 34.6 Å². The fourth-order valence-electron chi connectivity index (χ4n) is 6.52. The Kier molecular flexibility index (Phi) is 4.26. The average Bonchev–Trinajstić information content (AvgIpc) is 3.00. The largest absolute Gasteiger partial charge is 0.481 e. The molecule has 6 aliphatic rings. The number of amides is 1. The van der Waals surface area contributed by atoms with Crippen LogP contribution < -0.4 is 5.32 Å². The van der Waals surface area contributed by atoms with Gasteiger partial charge in [0.2, 0.25) is 17.5 Å². The molecule has 0 unspecified atom stereocenters. The van der Waals surface area contributed by atoms with Crippen LogP contribution in [0, 0.1) is 23.7 Å². The van der Waals surface area contributed by atoms with E-state index in [-0.39, 0.29) is 24.8 Å². The molecule has 150 valence electrons. The Hall–Kier alpha value is -1.18. The molecule has 0 atom stereocenters. The lowest BCUT2D eigenvalue weighted by Gasteiger charge is -2.57. The number of carbonyl (C=O) groups is 2. The molecule has 0 aromatic heterocycles. The maximum atomic E-state index is 11.9. The number of carbonyl (C=O) groups excluding carboxylic acids is 1. The molecule has 6 fully saturated rings. The highest BCUT2D eigenvalue weighted by Gasteiger charge is 2.66. The Balaban J connectivity index is 1.18. The normalized spacial score (nSPS) is 47.6. The number of hydrogen-bond acceptors (Lipinski definition) is 5. The molecule has 0 aromatic carbocycles. The smallest absolute Gasteiger partial charge is 0.303 e. The molecule has 1 heterocycles. The monoisotopic (exact) mass is 379 g/mol. The molecule has 5 aliphatic carbocycles. The van der Waals surface area contributed by atoms with Crippen LogP contribution in [-0.2, 0) is 24.1 Å². The lowest BCUT2D eigenvalue weighted by atomic mass is 9.53. The molecule has 1 aliphatic heterocycles. The molecule has 2 N–H and O–H groups in total. The number of carboxylic acids is 1. The molecule has 7 heteroatoms. The summed E-state index contributed by atoms with van der Waals surface area (Å²) in [7, 11) is 0. The number of ether oxygens (including phenoxy) is 1. The van der Waals surface area contributed by atoms with Crippen LogP contribution in [0.15, 0.2) is 0 Å². The summed E-state index contributed by atoms with van der Waals surface area (Å²) in [6, 6.07) is 0.0548. The number of nitrogens with one attached hydrogen (secondary N) is 1. The molecule has 5 saturated carbocycles. The van der Waals surface area contributed by atoms with E-state index >= 15 is 0 Å². The van der Waals surface area contributed by atoms with Gasteiger partial charge in [-0.1, -0.05) is 0 Å². The predicted octanol–water partition coefficient (Wildman–Crippen LogP) is 2.74. The Morgan fingerprint density at radius 3 is 2.15 bits per heavy atom. The van der Waals surface area contributed by atoms with Crippen LogP contribution in [0.3, 0.4) is 0 Å². The zero-order valence-electron chi connectivity index (χ0n) is 15.7. The van der Waals surface area contributed by atoms with Crippen molar-refractivity contribution in [2.24, 2.45) is 23.7 Å². The Morgan fingerprint density at radius 1 is 0.926 bits per heavy atom. The minimum Gasteiger partial charge on any atom is -0.481 e. The molecule has 27 heavy (non-hydrogen) atoms. The summed E-state index contributed by atoms with van der Waals surface area (Å²) in [5, 5.41) is 11.6. The molecular formula is C20H29NO6. The van der Waals surface area contributed by atoms with Crippen molar-refractivity contribution in [3.63, 3.8) is 0 Å². The topological polar surface area (TPSA) is 94.1 Å². The highest BCUT2D eigenvalue weighted by molar-refractivity contribution is 5.80. The van der Waals surface area contributed by atoms with Crippen LogP contribution >= 0.6 is 0 Å². The summed E-state index contributed by atoms with van der Waals surface area (Å²) in [4.78, 5) is 34.4. The zero-order chi connectivity index (χ0) is 18.6. The highest BCUT2D eigenvalue weighted by Crippen LogP contribution is 2.63. The van der Waals surface area contributed by atoms with Crippen molar-refractivity contribution in [1.29, 1.82) is 0 Å². The van der Waals surface area contributed by atoms with E-state index in [0.29, 0.717) is 24.7 Å². The predicted molar refractivity (Wildman–Crippen MR) is 93.0 cm³/mol. The molecule has 4 bridgehead atoms. The van der Waals surface area contributed by atoms with Crippen molar-refractivity contribution in [2.75, 3.05) is 0 Å². The number of hydrogen-bond donors (Lipinski definition) is 2. The zero-order valence-corrected chi connectivity index (χ0v) is 15.7. The number of rotatable bonds is 4. The van der Waals surface area contributed by atoms with Gasteiger partial charge in [0.25, 0.3) is 0 Å². The van der Waals surface area contributed by atoms with E-state index in [4.69, 9.17) is 19.6 Å². The van der Waals surface area contributed by atoms with E-state index in [0.717, 1.165) is 24.7 Å². The van der Waals surface area contributed by atoms with Crippen LogP contribution in [0.5, 0.6) is 0 Å². The Morgan fingerprint density at radius 2 is 1.56 bits per heavy atom. The first kappa shape index (κ1) is 17.9. The van der Waals surface area contributed by atoms with Gasteiger partial charge in [0.15, 0.2) is 0 Å². The molecule has 0 radical (unpaired) electrons. The fraction of sp³-hybridized carbons (Fsp3) is 0.900. The molecule has 1 amide bonds. The summed E-state index contributed by atoms with van der Waals surface area (Å²) in [6.07, 6.45) is 9.02. The summed E-state index contributed by atoms with van der Waals surface area (Å²) >= 11 is 0. The van der Waals surface area contributed by atoms with Crippen LogP contribution in [0.25, 0.3) is 0 Å². The van der Waals surface area contributed by atoms with Gasteiger partial charge in [0, 0.05) is 37.1 Å². The van der Waals surface area contributed by atoms with Gasteiger partial charge in [-0.2, -0.15) is 9.78 Å². The second-order valence-corrected chi connectivity index (χ2v) is 9.44. The molecule has 2 spiro atoms. The SMILES string of the molecule is O=C(O)CCC(=O)NC1CCC2(CC1)OOC1(O2)C2CC3CC(C2)CC1C3. The number of aliphatic carboxylic acids is 1. The van der Waals surface area contributed by atoms with E-state index in [2.05, 4.69) is 5.32 Å². The first-order valence-corrected chi connectivity index (χ1v) is 10.5. The second-order valence-electron chi connectivity index (χ2n) is 9.44. The first-order chi connectivity index (χ1) is 13.0. The number of carboxylic acid groups (broad SMARTS) is 1. The molecular weight excluding hydrogens is 350 g/mol. The summed E-state index contributed by atoms with van der Waals surface area (Å²) in [6.45, 7) is 0. The molecule has 1 saturated heterocycles. The minimum atomic E-state index is -0.946. The van der Waals surface area contributed by atoms with Crippen molar-refractivity contribution in [2.45, 2.75) is 88.2 Å². The van der Waals surface area contributed by atoms with Crippen molar-refractivity contribution < 1.29 is 29.2 Å². The van der Waals surface area contributed by atoms with E-state index in [1.54, 1.807) is 0 Å². The van der Waals surface area contributed by atoms with Gasteiger partial charge in [-0.15, -0.1) is 0 Å². The maximum absolute atomic E-state index is 11.9. The van der Waals surface area contributed by atoms with E-state index in [1.807, 2.05) is 0 Å². The van der Waals surface area contributed by atoms with Gasteiger partial charge >= 0.3 is 5.97 Å². The van der Waals surface area contributed by atoms with Gasteiger partial charge in [0.1, 0.15) is 0 Å². The van der Waals surface area contributed by atoms with Crippen molar-refractivity contribution in [3.05, 3.63) is 0 Å². The highest BCUT2D eigenvalue weighted by atomic mass is 17.3. The third kappa shape index (κ3) is 3.08. The van der Waals surface area contributed by atoms with Crippen LogP contribution in [0.1, 0.15) is 70.6 Å². The van der Waals surface area contributed by atoms with Crippen molar-refractivity contribution >= 4 is 11.9 Å². The Bertz CT molecular complexity index is 598. The third-order valence-corrected chi connectivity index (χ3v) is 7.62. The fourth-order valence-corrected chi connectivity index (χ4v) is 6.52. The van der Waals surface area contributed by atoms with Gasteiger partial charge in [-0.05, 0) is 56.8 Å². The molecule has 0 aromatic rings. The summed E-state index contributed by atoms with van der Waals surface area (Å²) < 4.78 is 6.65. The van der Waals surface area contributed by atoms with Gasteiger partial charge < -0.3 is 15.2 Å². The van der Waals surface area contributed by atoms with Crippen LogP contribution in [0.2, 0.25) is 0 Å².